The molecule has 1 atom stereocenters. The minimum Gasteiger partial charge on any atom is -0.377 e. The molecule has 6 nitrogen and oxygen atoms in total. The van der Waals surface area contributed by atoms with E-state index in [1.807, 2.05) is 0 Å². The Bertz CT molecular complexity index is 350. The number of ether oxygens (including phenoxy) is 1. The maximum atomic E-state index is 5.72. The molecule has 1 saturated heterocycles. The lowest BCUT2D eigenvalue weighted by Gasteiger charge is -2.27. The van der Waals surface area contributed by atoms with Crippen molar-refractivity contribution >= 4 is 5.82 Å². The molecular weight excluding hydrogens is 230 g/mol. The number of nitrogen functional groups attached to an aromatic ring is 1. The fourth-order valence-electron chi connectivity index (χ4n) is 2.15. The smallest absolute Gasteiger partial charge is 0.158 e. The van der Waals surface area contributed by atoms with Crippen LogP contribution in [0.3, 0.4) is 0 Å². The molecule has 1 aliphatic rings. The van der Waals surface area contributed by atoms with Gasteiger partial charge in [-0.05, 0) is 26.3 Å². The van der Waals surface area contributed by atoms with E-state index in [0.29, 0.717) is 11.9 Å². The third-order valence-corrected chi connectivity index (χ3v) is 3.07. The van der Waals surface area contributed by atoms with Gasteiger partial charge in [0.05, 0.1) is 24.2 Å². The van der Waals surface area contributed by atoms with E-state index in [9.17, 15) is 0 Å². The van der Waals surface area contributed by atoms with Crippen LogP contribution in [0.1, 0.15) is 25.0 Å². The fourth-order valence-corrected chi connectivity index (χ4v) is 2.15. The second-order valence-corrected chi connectivity index (χ2v) is 4.72. The molecule has 0 spiro atoms. The second kappa shape index (κ2) is 6.63. The molecule has 0 bridgehead atoms. The van der Waals surface area contributed by atoms with Crippen molar-refractivity contribution in [3.8, 4) is 0 Å². The molecule has 1 fully saturated rings. The number of nitrogens with zero attached hydrogens (tertiary/aromatic N) is 3. The molecule has 1 aliphatic heterocycles. The number of anilines is 1. The van der Waals surface area contributed by atoms with Crippen molar-refractivity contribution in [2.24, 2.45) is 5.84 Å². The molecule has 1 unspecified atom stereocenters. The van der Waals surface area contributed by atoms with Gasteiger partial charge in [0, 0.05) is 19.7 Å². The van der Waals surface area contributed by atoms with E-state index in [1.165, 1.54) is 12.8 Å². The first-order valence-corrected chi connectivity index (χ1v) is 6.35. The van der Waals surface area contributed by atoms with Crippen molar-refractivity contribution in [3.63, 3.8) is 0 Å². The predicted octanol–water partition coefficient (Wildman–Crippen LogP) is 0.763. The fraction of sp³-hybridized carbons (Fsp3) is 0.667. The average molecular weight is 251 g/mol. The van der Waals surface area contributed by atoms with Crippen molar-refractivity contribution in [2.45, 2.75) is 31.9 Å². The first kappa shape index (κ1) is 13.2. The first-order chi connectivity index (χ1) is 8.78. The van der Waals surface area contributed by atoms with Crippen LogP contribution >= 0.6 is 0 Å². The summed E-state index contributed by atoms with van der Waals surface area (Å²) in [4.78, 5) is 10.7. The third-order valence-electron chi connectivity index (χ3n) is 3.07. The van der Waals surface area contributed by atoms with Crippen LogP contribution < -0.4 is 11.3 Å². The van der Waals surface area contributed by atoms with Crippen LogP contribution in [0.25, 0.3) is 0 Å². The standard InChI is InChI=1S/C12H21N5O/c1-17(9-11-4-2-3-5-18-11)8-10-6-15-12(16-13)7-14-10/h6-7,11H,2-5,8-9,13H2,1H3,(H,15,16). The van der Waals surface area contributed by atoms with Gasteiger partial charge < -0.3 is 10.2 Å². The number of hydrazine groups is 1. The quantitative estimate of drug-likeness (QED) is 0.594. The summed E-state index contributed by atoms with van der Waals surface area (Å²) in [6.07, 6.45) is 7.37. The molecule has 0 saturated carbocycles. The van der Waals surface area contributed by atoms with E-state index in [0.717, 1.165) is 31.8 Å². The molecule has 0 aliphatic carbocycles. The van der Waals surface area contributed by atoms with Crippen molar-refractivity contribution in [1.82, 2.24) is 14.9 Å². The summed E-state index contributed by atoms with van der Waals surface area (Å²) < 4.78 is 5.72. The van der Waals surface area contributed by atoms with Gasteiger partial charge in [0.25, 0.3) is 0 Å². The van der Waals surface area contributed by atoms with E-state index in [-0.39, 0.29) is 0 Å². The van der Waals surface area contributed by atoms with Crippen LogP contribution in [-0.4, -0.2) is 41.2 Å². The van der Waals surface area contributed by atoms with Gasteiger partial charge >= 0.3 is 0 Å². The molecule has 100 valence electrons. The molecule has 2 rings (SSSR count). The Hall–Kier alpha value is -1.24. The molecule has 6 heteroatoms. The van der Waals surface area contributed by atoms with Gasteiger partial charge in [-0.2, -0.15) is 0 Å². The van der Waals surface area contributed by atoms with Crippen LogP contribution in [0.15, 0.2) is 12.4 Å². The highest BCUT2D eigenvalue weighted by atomic mass is 16.5. The van der Waals surface area contributed by atoms with Gasteiger partial charge in [-0.25, -0.2) is 10.8 Å². The zero-order chi connectivity index (χ0) is 12.8. The molecule has 0 aromatic carbocycles. The summed E-state index contributed by atoms with van der Waals surface area (Å²) in [5.41, 5.74) is 3.40. The normalized spacial score (nSPS) is 20.1. The Morgan fingerprint density at radius 3 is 2.94 bits per heavy atom. The van der Waals surface area contributed by atoms with E-state index in [1.54, 1.807) is 12.4 Å². The van der Waals surface area contributed by atoms with Crippen LogP contribution in [0.2, 0.25) is 0 Å². The van der Waals surface area contributed by atoms with Crippen LogP contribution in [0, 0.1) is 0 Å². The highest BCUT2D eigenvalue weighted by molar-refractivity contribution is 5.28. The van der Waals surface area contributed by atoms with Crippen molar-refractivity contribution < 1.29 is 4.74 Å². The zero-order valence-electron chi connectivity index (χ0n) is 10.8. The van der Waals surface area contributed by atoms with Crippen molar-refractivity contribution in [1.29, 1.82) is 0 Å². The number of aromatic nitrogens is 2. The number of rotatable bonds is 5. The van der Waals surface area contributed by atoms with Crippen LogP contribution in [0.4, 0.5) is 5.82 Å². The van der Waals surface area contributed by atoms with Crippen molar-refractivity contribution in [3.05, 3.63) is 18.1 Å². The molecular formula is C12H21N5O. The molecule has 1 aromatic heterocycles. The average Bonchev–Trinajstić information content (AvgIpc) is 2.40. The zero-order valence-corrected chi connectivity index (χ0v) is 10.8. The topological polar surface area (TPSA) is 76.3 Å². The highest BCUT2D eigenvalue weighted by Crippen LogP contribution is 2.14. The summed E-state index contributed by atoms with van der Waals surface area (Å²) >= 11 is 0. The van der Waals surface area contributed by atoms with Gasteiger partial charge in [-0.1, -0.05) is 0 Å². The third kappa shape index (κ3) is 3.90. The number of nitrogens with one attached hydrogen (secondary N) is 1. The number of likely N-dealkylation sites (N-methyl/N-ethyl adjacent to an activating group) is 1. The number of nitrogens with two attached hydrogens (primary N) is 1. The summed E-state index contributed by atoms with van der Waals surface area (Å²) in [5.74, 6) is 5.83. The maximum absolute atomic E-state index is 5.72. The first-order valence-electron chi connectivity index (χ1n) is 6.35. The highest BCUT2D eigenvalue weighted by Gasteiger charge is 2.16. The summed E-state index contributed by atoms with van der Waals surface area (Å²) in [7, 11) is 2.08. The molecule has 3 N–H and O–H groups in total. The summed E-state index contributed by atoms with van der Waals surface area (Å²) in [6, 6.07) is 0. The van der Waals surface area contributed by atoms with Gasteiger partial charge in [-0.3, -0.25) is 9.88 Å². The monoisotopic (exact) mass is 251 g/mol. The van der Waals surface area contributed by atoms with Gasteiger partial charge in [-0.15, -0.1) is 0 Å². The van der Waals surface area contributed by atoms with Gasteiger partial charge in [0.1, 0.15) is 0 Å². The predicted molar refractivity (Wildman–Crippen MR) is 69.8 cm³/mol. The Labute approximate surface area is 108 Å². The van der Waals surface area contributed by atoms with E-state index >= 15 is 0 Å². The number of hydrogen-bond donors (Lipinski definition) is 2. The Kier molecular flexibility index (Phi) is 4.86. The molecule has 18 heavy (non-hydrogen) atoms. The second-order valence-electron chi connectivity index (χ2n) is 4.72. The lowest BCUT2D eigenvalue weighted by Crippen LogP contribution is -2.33. The molecule has 0 amide bonds. The lowest BCUT2D eigenvalue weighted by molar-refractivity contribution is -0.00275. The minimum atomic E-state index is 0.363. The van der Waals surface area contributed by atoms with Gasteiger partial charge in [0.15, 0.2) is 5.82 Å². The van der Waals surface area contributed by atoms with E-state index in [4.69, 9.17) is 10.6 Å². The number of hydrogen-bond acceptors (Lipinski definition) is 6. The minimum absolute atomic E-state index is 0.363. The summed E-state index contributed by atoms with van der Waals surface area (Å²) in [6.45, 7) is 2.62. The Morgan fingerprint density at radius 1 is 1.44 bits per heavy atom. The lowest BCUT2D eigenvalue weighted by atomic mass is 10.1. The molecule has 2 heterocycles. The van der Waals surface area contributed by atoms with E-state index in [2.05, 4.69) is 27.3 Å². The van der Waals surface area contributed by atoms with Crippen LogP contribution in [0.5, 0.6) is 0 Å². The SMILES string of the molecule is CN(Cc1cnc(NN)cn1)CC1CCCCO1. The van der Waals surface area contributed by atoms with Gasteiger partial charge in [0.2, 0.25) is 0 Å². The Balaban J connectivity index is 1.80. The van der Waals surface area contributed by atoms with Crippen molar-refractivity contribution in [2.75, 3.05) is 25.6 Å². The Morgan fingerprint density at radius 2 is 2.33 bits per heavy atom. The molecule has 1 aromatic rings. The summed E-state index contributed by atoms with van der Waals surface area (Å²) in [5, 5.41) is 0. The maximum Gasteiger partial charge on any atom is 0.158 e. The largest absolute Gasteiger partial charge is 0.377 e. The molecule has 0 radical (unpaired) electrons. The van der Waals surface area contributed by atoms with E-state index < -0.39 is 0 Å². The van der Waals surface area contributed by atoms with Crippen LogP contribution in [-0.2, 0) is 11.3 Å².